The van der Waals surface area contributed by atoms with Gasteiger partial charge in [0, 0.05) is 0 Å². The molecular weight excluding hydrogens is 188 g/mol. The Bertz CT molecular complexity index is 369. The number of allylic oxidation sites excluding steroid dienone is 1. The van der Waals surface area contributed by atoms with Crippen molar-refractivity contribution in [1.82, 2.24) is 0 Å². The molecule has 78 valence electrons. The molecule has 0 spiro atoms. The van der Waals surface area contributed by atoms with Gasteiger partial charge in [-0.1, -0.05) is 42.2 Å². The van der Waals surface area contributed by atoms with Crippen molar-refractivity contribution >= 4 is 0 Å². The van der Waals surface area contributed by atoms with Gasteiger partial charge >= 0.3 is 0 Å². The second kappa shape index (κ2) is 6.83. The molecule has 15 heavy (non-hydrogen) atoms. The highest BCUT2D eigenvalue weighted by molar-refractivity contribution is 5.27. The molecular formula is C13H14O2. The average molecular weight is 202 g/mol. The molecule has 2 heteroatoms. The van der Waals surface area contributed by atoms with Gasteiger partial charge in [-0.3, -0.25) is 0 Å². The van der Waals surface area contributed by atoms with E-state index in [-0.39, 0.29) is 13.2 Å². The van der Waals surface area contributed by atoms with Crippen molar-refractivity contribution < 1.29 is 10.2 Å². The highest BCUT2D eigenvalue weighted by atomic mass is 16.3. The van der Waals surface area contributed by atoms with Gasteiger partial charge in [-0.25, -0.2) is 0 Å². The highest BCUT2D eigenvalue weighted by Crippen LogP contribution is 2.06. The van der Waals surface area contributed by atoms with Gasteiger partial charge in [-0.05, 0) is 23.6 Å². The number of aliphatic hydroxyl groups excluding tert-OH is 2. The summed E-state index contributed by atoms with van der Waals surface area (Å²) in [7, 11) is 0. The molecule has 0 radical (unpaired) electrons. The van der Waals surface area contributed by atoms with Crippen molar-refractivity contribution in [3.8, 4) is 11.8 Å². The summed E-state index contributed by atoms with van der Waals surface area (Å²) in [5.41, 5.74) is 1.99. The van der Waals surface area contributed by atoms with Gasteiger partial charge in [0.15, 0.2) is 0 Å². The second-order valence-electron chi connectivity index (χ2n) is 3.10. The molecule has 0 aliphatic heterocycles. The molecule has 1 aromatic carbocycles. The average Bonchev–Trinajstić information content (AvgIpc) is 2.29. The largest absolute Gasteiger partial charge is 0.392 e. The van der Waals surface area contributed by atoms with Gasteiger partial charge in [0.05, 0.1) is 6.61 Å². The van der Waals surface area contributed by atoms with Crippen LogP contribution in [0.2, 0.25) is 0 Å². The Morgan fingerprint density at radius 1 is 1.20 bits per heavy atom. The minimum atomic E-state index is -0.152. The van der Waals surface area contributed by atoms with E-state index < -0.39 is 0 Å². The molecule has 0 unspecified atom stereocenters. The van der Waals surface area contributed by atoms with Gasteiger partial charge in [0.2, 0.25) is 0 Å². The Labute approximate surface area is 89.9 Å². The van der Waals surface area contributed by atoms with Crippen LogP contribution in [0.4, 0.5) is 0 Å². The fraction of sp³-hybridized carbons (Fsp3) is 0.231. The maximum absolute atomic E-state index is 9.09. The van der Waals surface area contributed by atoms with Crippen molar-refractivity contribution in [2.45, 2.75) is 6.42 Å². The monoisotopic (exact) mass is 202 g/mol. The summed E-state index contributed by atoms with van der Waals surface area (Å²) in [6, 6.07) is 9.89. The Hall–Kier alpha value is -1.56. The lowest BCUT2D eigenvalue weighted by molar-refractivity contribution is 0.328. The fourth-order valence-electron chi connectivity index (χ4n) is 1.21. The van der Waals surface area contributed by atoms with Crippen molar-refractivity contribution in [3.63, 3.8) is 0 Å². The van der Waals surface area contributed by atoms with Crippen LogP contribution in [0.15, 0.2) is 42.0 Å². The maximum Gasteiger partial charge on any atom is 0.104 e. The third kappa shape index (κ3) is 4.46. The van der Waals surface area contributed by atoms with Crippen LogP contribution >= 0.6 is 0 Å². The highest BCUT2D eigenvalue weighted by Gasteiger charge is 1.96. The third-order valence-electron chi connectivity index (χ3n) is 1.93. The van der Waals surface area contributed by atoms with Crippen LogP contribution < -0.4 is 0 Å². The standard InChI is InChI=1S/C13H14O2/c14-9-5-4-8-13(11-15)10-12-6-2-1-3-7-12/h1-3,6-8,14-15H,9-11H2. The van der Waals surface area contributed by atoms with Crippen LogP contribution in [0, 0.1) is 11.8 Å². The first-order valence-corrected chi connectivity index (χ1v) is 4.78. The molecule has 0 amide bonds. The summed E-state index contributed by atoms with van der Waals surface area (Å²) < 4.78 is 0. The first-order valence-electron chi connectivity index (χ1n) is 4.78. The zero-order valence-electron chi connectivity index (χ0n) is 8.48. The van der Waals surface area contributed by atoms with E-state index in [9.17, 15) is 0 Å². The van der Waals surface area contributed by atoms with Crippen LogP contribution in [0.1, 0.15) is 5.56 Å². The Kier molecular flexibility index (Phi) is 5.24. The molecule has 1 aromatic rings. The van der Waals surface area contributed by atoms with E-state index in [2.05, 4.69) is 11.8 Å². The minimum Gasteiger partial charge on any atom is -0.392 e. The van der Waals surface area contributed by atoms with E-state index in [0.29, 0.717) is 6.42 Å². The Morgan fingerprint density at radius 3 is 2.53 bits per heavy atom. The molecule has 2 nitrogen and oxygen atoms in total. The van der Waals surface area contributed by atoms with E-state index in [1.54, 1.807) is 6.08 Å². The van der Waals surface area contributed by atoms with Crippen LogP contribution in [-0.2, 0) is 6.42 Å². The topological polar surface area (TPSA) is 40.5 Å². The van der Waals surface area contributed by atoms with Crippen molar-refractivity contribution in [3.05, 3.63) is 47.5 Å². The number of hydrogen-bond acceptors (Lipinski definition) is 2. The quantitative estimate of drug-likeness (QED) is 0.722. The third-order valence-corrected chi connectivity index (χ3v) is 1.93. The fourth-order valence-corrected chi connectivity index (χ4v) is 1.21. The molecule has 0 bridgehead atoms. The van der Waals surface area contributed by atoms with E-state index in [4.69, 9.17) is 10.2 Å². The number of hydrogen-bond donors (Lipinski definition) is 2. The molecule has 0 aromatic heterocycles. The first-order chi connectivity index (χ1) is 7.36. The predicted molar refractivity (Wildman–Crippen MR) is 60.2 cm³/mol. The van der Waals surface area contributed by atoms with Crippen LogP contribution in [0.25, 0.3) is 0 Å². The van der Waals surface area contributed by atoms with Crippen LogP contribution in [0.5, 0.6) is 0 Å². The Morgan fingerprint density at radius 2 is 1.93 bits per heavy atom. The normalized spacial score (nSPS) is 10.7. The van der Waals surface area contributed by atoms with Gasteiger partial charge in [0.25, 0.3) is 0 Å². The van der Waals surface area contributed by atoms with Gasteiger partial charge < -0.3 is 10.2 Å². The number of benzene rings is 1. The van der Waals surface area contributed by atoms with Crippen molar-refractivity contribution in [2.75, 3.05) is 13.2 Å². The maximum atomic E-state index is 9.09. The summed E-state index contributed by atoms with van der Waals surface area (Å²) >= 11 is 0. The summed E-state index contributed by atoms with van der Waals surface area (Å²) in [5.74, 6) is 5.20. The smallest absolute Gasteiger partial charge is 0.104 e. The lowest BCUT2D eigenvalue weighted by atomic mass is 10.1. The van der Waals surface area contributed by atoms with E-state index in [1.807, 2.05) is 30.3 Å². The lowest BCUT2D eigenvalue weighted by Gasteiger charge is -2.02. The second-order valence-corrected chi connectivity index (χ2v) is 3.10. The Balaban J connectivity index is 2.66. The molecule has 2 N–H and O–H groups in total. The summed E-state index contributed by atoms with van der Waals surface area (Å²) in [5, 5.41) is 17.6. The molecule has 0 fully saturated rings. The summed E-state index contributed by atoms with van der Waals surface area (Å²) in [6.07, 6.45) is 2.35. The van der Waals surface area contributed by atoms with Crippen molar-refractivity contribution in [2.24, 2.45) is 0 Å². The predicted octanol–water partition coefficient (Wildman–Crippen LogP) is 1.14. The molecule has 0 saturated carbocycles. The van der Waals surface area contributed by atoms with Crippen LogP contribution in [0.3, 0.4) is 0 Å². The molecule has 0 atom stereocenters. The summed E-state index contributed by atoms with van der Waals surface area (Å²) in [4.78, 5) is 0. The van der Waals surface area contributed by atoms with Gasteiger partial charge in [0.1, 0.15) is 6.61 Å². The zero-order valence-corrected chi connectivity index (χ0v) is 8.48. The molecule has 0 aliphatic rings. The molecule has 0 saturated heterocycles. The van der Waals surface area contributed by atoms with E-state index in [0.717, 1.165) is 11.1 Å². The molecule has 0 heterocycles. The first kappa shape index (κ1) is 11.5. The number of aliphatic hydroxyl groups is 2. The number of rotatable bonds is 3. The SMILES string of the molecule is OCC#CC=C(CO)Cc1ccccc1. The zero-order chi connectivity index (χ0) is 10.9. The minimum absolute atomic E-state index is 0.00496. The van der Waals surface area contributed by atoms with E-state index >= 15 is 0 Å². The lowest BCUT2D eigenvalue weighted by Crippen LogP contribution is -1.95. The van der Waals surface area contributed by atoms with Crippen LogP contribution in [-0.4, -0.2) is 23.4 Å². The molecule has 1 rings (SSSR count). The molecule has 0 aliphatic carbocycles. The van der Waals surface area contributed by atoms with Crippen molar-refractivity contribution in [1.29, 1.82) is 0 Å². The van der Waals surface area contributed by atoms with Gasteiger partial charge in [-0.2, -0.15) is 0 Å². The van der Waals surface area contributed by atoms with E-state index in [1.165, 1.54) is 0 Å². The summed E-state index contributed by atoms with van der Waals surface area (Å²) in [6.45, 7) is -0.157. The van der Waals surface area contributed by atoms with Gasteiger partial charge in [-0.15, -0.1) is 0 Å².